The van der Waals surface area contributed by atoms with Gasteiger partial charge in [-0.25, -0.2) is 8.42 Å². The van der Waals surface area contributed by atoms with Crippen LogP contribution < -0.4 is 4.72 Å². The van der Waals surface area contributed by atoms with Gasteiger partial charge in [-0.15, -0.1) is 0 Å². The summed E-state index contributed by atoms with van der Waals surface area (Å²) in [5, 5.41) is 0.388. The van der Waals surface area contributed by atoms with E-state index in [2.05, 4.69) is 4.72 Å². The lowest BCUT2D eigenvalue weighted by atomic mass is 10.2. The van der Waals surface area contributed by atoms with E-state index in [4.69, 9.17) is 23.2 Å². The fraction of sp³-hybridized carbons (Fsp3) is 0. The molecule has 0 radical (unpaired) electrons. The molecule has 0 spiro atoms. The Hall–Kier alpha value is -1.56. The van der Waals surface area contributed by atoms with E-state index in [1.807, 2.05) is 0 Å². The zero-order valence-corrected chi connectivity index (χ0v) is 12.3. The Morgan fingerprint density at radius 3 is 2.20 bits per heavy atom. The molecule has 0 aliphatic heterocycles. The van der Waals surface area contributed by atoms with E-state index >= 15 is 0 Å². The van der Waals surface area contributed by atoms with Crippen molar-refractivity contribution in [1.82, 2.24) is 0 Å². The number of rotatable bonds is 4. The minimum Gasteiger partial charge on any atom is -0.298 e. The van der Waals surface area contributed by atoms with Crippen molar-refractivity contribution in [1.29, 1.82) is 0 Å². The first-order valence-corrected chi connectivity index (χ1v) is 7.69. The third kappa shape index (κ3) is 3.30. The summed E-state index contributed by atoms with van der Waals surface area (Å²) in [4.78, 5) is 10.5. The molecule has 4 nitrogen and oxygen atoms in total. The predicted octanol–water partition coefficient (Wildman–Crippen LogP) is 3.61. The maximum Gasteiger partial charge on any atom is 0.263 e. The molecule has 2 aromatic carbocycles. The highest BCUT2D eigenvalue weighted by molar-refractivity contribution is 7.92. The van der Waals surface area contributed by atoms with Crippen LogP contribution in [0, 0.1) is 0 Å². The van der Waals surface area contributed by atoms with Crippen molar-refractivity contribution in [3.8, 4) is 0 Å². The monoisotopic (exact) mass is 329 g/mol. The van der Waals surface area contributed by atoms with Gasteiger partial charge in [-0.1, -0.05) is 23.2 Å². The van der Waals surface area contributed by atoms with E-state index in [9.17, 15) is 13.2 Å². The van der Waals surface area contributed by atoms with E-state index in [1.54, 1.807) is 0 Å². The van der Waals surface area contributed by atoms with E-state index in [1.165, 1.54) is 42.5 Å². The second kappa shape index (κ2) is 5.83. The smallest absolute Gasteiger partial charge is 0.263 e. The summed E-state index contributed by atoms with van der Waals surface area (Å²) in [7, 11) is -3.81. The van der Waals surface area contributed by atoms with Crippen LogP contribution in [-0.2, 0) is 10.0 Å². The van der Waals surface area contributed by atoms with Crippen LogP contribution in [-0.4, -0.2) is 14.7 Å². The van der Waals surface area contributed by atoms with Crippen molar-refractivity contribution in [2.45, 2.75) is 4.90 Å². The lowest BCUT2D eigenvalue weighted by Gasteiger charge is -2.09. The topological polar surface area (TPSA) is 63.2 Å². The molecule has 0 unspecified atom stereocenters. The molecule has 20 heavy (non-hydrogen) atoms. The molecular formula is C13H9Cl2NO3S. The second-order valence-electron chi connectivity index (χ2n) is 3.92. The maximum absolute atomic E-state index is 12.2. The third-order valence-corrected chi connectivity index (χ3v) is 4.58. The van der Waals surface area contributed by atoms with E-state index in [0.717, 1.165) is 0 Å². The van der Waals surface area contributed by atoms with E-state index in [0.29, 0.717) is 22.6 Å². The number of sulfonamides is 1. The van der Waals surface area contributed by atoms with Gasteiger partial charge in [-0.3, -0.25) is 9.52 Å². The van der Waals surface area contributed by atoms with Crippen LogP contribution >= 0.6 is 23.2 Å². The molecule has 0 atom stereocenters. The lowest BCUT2D eigenvalue weighted by molar-refractivity contribution is 0.112. The molecule has 104 valence electrons. The molecule has 0 fully saturated rings. The van der Waals surface area contributed by atoms with Crippen LogP contribution in [0.4, 0.5) is 5.69 Å². The zero-order chi connectivity index (χ0) is 14.8. The van der Waals surface area contributed by atoms with Crippen LogP contribution in [0.1, 0.15) is 10.4 Å². The second-order valence-corrected chi connectivity index (χ2v) is 6.41. The largest absolute Gasteiger partial charge is 0.298 e. The van der Waals surface area contributed by atoms with Crippen LogP contribution in [0.2, 0.25) is 10.0 Å². The number of benzene rings is 2. The van der Waals surface area contributed by atoms with Crippen molar-refractivity contribution in [3.63, 3.8) is 0 Å². The molecule has 1 N–H and O–H groups in total. The van der Waals surface area contributed by atoms with Gasteiger partial charge in [-0.05, 0) is 42.5 Å². The first-order valence-electron chi connectivity index (χ1n) is 5.45. The number of carbonyl (C=O) groups is 1. The number of halogens is 2. The number of hydrogen-bond donors (Lipinski definition) is 1. The summed E-state index contributed by atoms with van der Waals surface area (Å²) < 4.78 is 26.7. The molecule has 7 heteroatoms. The summed E-state index contributed by atoms with van der Waals surface area (Å²) in [6.07, 6.45) is 0.675. The fourth-order valence-corrected chi connectivity index (χ4v) is 3.37. The molecular weight excluding hydrogens is 321 g/mol. The first-order chi connectivity index (χ1) is 9.42. The predicted molar refractivity (Wildman–Crippen MR) is 79.1 cm³/mol. The van der Waals surface area contributed by atoms with Crippen LogP contribution in [0.5, 0.6) is 0 Å². The Balaban J connectivity index is 2.32. The van der Waals surface area contributed by atoms with Gasteiger partial charge in [0, 0.05) is 16.3 Å². The molecule has 0 bridgehead atoms. The minimum atomic E-state index is -3.81. The van der Waals surface area contributed by atoms with Crippen LogP contribution in [0.15, 0.2) is 47.4 Å². The number of aldehydes is 1. The molecule has 0 aliphatic rings. The highest BCUT2D eigenvalue weighted by Crippen LogP contribution is 2.26. The Morgan fingerprint density at radius 2 is 1.65 bits per heavy atom. The summed E-state index contributed by atoms with van der Waals surface area (Å²) in [5.41, 5.74) is 0.791. The SMILES string of the molecule is O=Cc1ccc(NS(=O)(=O)c2ccc(Cl)cc2Cl)cc1. The van der Waals surface area contributed by atoms with Crippen molar-refractivity contribution in [3.05, 3.63) is 58.1 Å². The van der Waals surface area contributed by atoms with Crippen molar-refractivity contribution in [2.24, 2.45) is 0 Å². The number of hydrogen-bond acceptors (Lipinski definition) is 3. The highest BCUT2D eigenvalue weighted by atomic mass is 35.5. The van der Waals surface area contributed by atoms with E-state index < -0.39 is 10.0 Å². The molecule has 2 aromatic rings. The van der Waals surface area contributed by atoms with Gasteiger partial charge in [-0.2, -0.15) is 0 Å². The molecule has 0 saturated carbocycles. The average molecular weight is 330 g/mol. The van der Waals surface area contributed by atoms with Crippen molar-refractivity contribution >= 4 is 45.2 Å². The molecule has 0 saturated heterocycles. The van der Waals surface area contributed by atoms with Gasteiger partial charge in [0.25, 0.3) is 10.0 Å². The van der Waals surface area contributed by atoms with Gasteiger partial charge in [0.05, 0.1) is 5.02 Å². The summed E-state index contributed by atoms with van der Waals surface area (Å²) in [6, 6.07) is 10.1. The number of nitrogens with one attached hydrogen (secondary N) is 1. The van der Waals surface area contributed by atoms with Gasteiger partial charge < -0.3 is 0 Å². The number of carbonyl (C=O) groups excluding carboxylic acids is 1. The van der Waals surface area contributed by atoms with E-state index in [-0.39, 0.29) is 9.92 Å². The lowest BCUT2D eigenvalue weighted by Crippen LogP contribution is -2.13. The quantitative estimate of drug-likeness (QED) is 0.871. The summed E-state index contributed by atoms with van der Waals surface area (Å²) in [6.45, 7) is 0. The molecule has 0 aliphatic carbocycles. The standard InChI is InChI=1S/C13H9Cl2NO3S/c14-10-3-6-13(12(15)7-10)20(18,19)16-11-4-1-9(8-17)2-5-11/h1-8,16H. The maximum atomic E-state index is 12.2. The van der Waals surface area contributed by atoms with Gasteiger partial charge in [0.15, 0.2) is 0 Å². The molecule has 0 amide bonds. The van der Waals surface area contributed by atoms with Crippen LogP contribution in [0.25, 0.3) is 0 Å². The van der Waals surface area contributed by atoms with Crippen molar-refractivity contribution in [2.75, 3.05) is 4.72 Å². The van der Waals surface area contributed by atoms with Gasteiger partial charge in [0.2, 0.25) is 0 Å². The third-order valence-electron chi connectivity index (χ3n) is 2.48. The average Bonchev–Trinajstić information content (AvgIpc) is 2.38. The van der Waals surface area contributed by atoms with Crippen molar-refractivity contribution < 1.29 is 13.2 Å². The normalized spacial score (nSPS) is 11.1. The summed E-state index contributed by atoms with van der Waals surface area (Å²) >= 11 is 11.6. The molecule has 2 rings (SSSR count). The zero-order valence-electron chi connectivity index (χ0n) is 10.0. The Labute approximate surface area is 126 Å². The minimum absolute atomic E-state index is 0.0366. The Kier molecular flexibility index (Phi) is 4.32. The molecule has 0 heterocycles. The van der Waals surface area contributed by atoms with Crippen LogP contribution in [0.3, 0.4) is 0 Å². The Morgan fingerprint density at radius 1 is 1.00 bits per heavy atom. The number of anilines is 1. The van der Waals surface area contributed by atoms with Gasteiger partial charge in [0.1, 0.15) is 11.2 Å². The summed E-state index contributed by atoms with van der Waals surface area (Å²) in [5.74, 6) is 0. The highest BCUT2D eigenvalue weighted by Gasteiger charge is 2.18. The van der Waals surface area contributed by atoms with Gasteiger partial charge >= 0.3 is 0 Å². The Bertz CT molecular complexity index is 743. The first kappa shape index (κ1) is 14.8. The fourth-order valence-electron chi connectivity index (χ4n) is 1.53. The molecule has 0 aromatic heterocycles.